The summed E-state index contributed by atoms with van der Waals surface area (Å²) in [6, 6.07) is 1.05. The van der Waals surface area contributed by atoms with Gasteiger partial charge in [-0.2, -0.15) is 4.98 Å². The molecule has 1 N–H and O–H groups in total. The molecule has 0 radical (unpaired) electrons. The number of aromatic nitrogens is 2. The van der Waals surface area contributed by atoms with Crippen LogP contribution in [0.3, 0.4) is 0 Å². The highest BCUT2D eigenvalue weighted by Gasteiger charge is 2.35. The molecule has 0 bridgehead atoms. The third-order valence-corrected chi connectivity index (χ3v) is 4.16. The fraction of sp³-hybridized carbons (Fsp3) is 0.846. The molecule has 2 aliphatic heterocycles. The van der Waals surface area contributed by atoms with E-state index in [0.717, 1.165) is 37.6 Å². The monoisotopic (exact) mass is 250 g/mol. The minimum atomic E-state index is 0.362. The van der Waals surface area contributed by atoms with Gasteiger partial charge in [-0.25, -0.2) is 0 Å². The van der Waals surface area contributed by atoms with Gasteiger partial charge in [0, 0.05) is 12.5 Å². The molecule has 1 aromatic rings. The fourth-order valence-electron chi connectivity index (χ4n) is 3.18. The average Bonchev–Trinajstić information content (AvgIpc) is 3.08. The number of piperidine rings is 1. The van der Waals surface area contributed by atoms with E-state index in [2.05, 4.69) is 27.3 Å². The molecule has 0 saturated carbocycles. The molecule has 5 nitrogen and oxygen atoms in total. The van der Waals surface area contributed by atoms with Crippen LogP contribution in [0, 0.1) is 0 Å². The first-order chi connectivity index (χ1) is 8.88. The number of likely N-dealkylation sites (tertiary alicyclic amines) is 1. The largest absolute Gasteiger partial charge is 0.338 e. The first-order valence-electron chi connectivity index (χ1n) is 7.17. The maximum absolute atomic E-state index is 5.44. The van der Waals surface area contributed by atoms with E-state index in [1.54, 1.807) is 0 Å². The van der Waals surface area contributed by atoms with Gasteiger partial charge in [-0.05, 0) is 45.3 Å². The predicted octanol–water partition coefficient (Wildman–Crippen LogP) is 1.52. The molecular formula is C13H22N4O. The lowest BCUT2D eigenvalue weighted by atomic mass is 10.0. The molecule has 3 heterocycles. The highest BCUT2D eigenvalue weighted by molar-refractivity contribution is 4.99. The van der Waals surface area contributed by atoms with E-state index >= 15 is 0 Å². The van der Waals surface area contributed by atoms with Crippen LogP contribution in [0.25, 0.3) is 0 Å². The van der Waals surface area contributed by atoms with Crippen molar-refractivity contribution in [2.75, 3.05) is 19.6 Å². The summed E-state index contributed by atoms with van der Waals surface area (Å²) in [6.45, 7) is 5.52. The number of nitrogens with zero attached hydrogens (tertiary/aromatic N) is 3. The Morgan fingerprint density at radius 2 is 2.17 bits per heavy atom. The molecular weight excluding hydrogens is 228 g/mol. The Balaban J connectivity index is 1.73. The van der Waals surface area contributed by atoms with E-state index in [0.29, 0.717) is 12.1 Å². The minimum Gasteiger partial charge on any atom is -0.338 e. The van der Waals surface area contributed by atoms with Gasteiger partial charge in [-0.3, -0.25) is 4.90 Å². The van der Waals surface area contributed by atoms with Crippen LogP contribution >= 0.6 is 0 Å². The zero-order chi connectivity index (χ0) is 12.4. The highest BCUT2D eigenvalue weighted by atomic mass is 16.5. The summed E-state index contributed by atoms with van der Waals surface area (Å²) in [7, 11) is 0. The van der Waals surface area contributed by atoms with Gasteiger partial charge in [-0.1, -0.05) is 12.1 Å². The van der Waals surface area contributed by atoms with E-state index in [4.69, 9.17) is 4.52 Å². The Morgan fingerprint density at radius 1 is 1.33 bits per heavy atom. The van der Waals surface area contributed by atoms with E-state index in [1.807, 2.05) is 0 Å². The highest BCUT2D eigenvalue weighted by Crippen LogP contribution is 2.34. The van der Waals surface area contributed by atoms with Crippen molar-refractivity contribution in [3.8, 4) is 0 Å². The summed E-state index contributed by atoms with van der Waals surface area (Å²) in [5, 5.41) is 7.46. The third-order valence-electron chi connectivity index (χ3n) is 4.16. The summed E-state index contributed by atoms with van der Waals surface area (Å²) >= 11 is 0. The van der Waals surface area contributed by atoms with Gasteiger partial charge in [0.25, 0.3) is 0 Å². The van der Waals surface area contributed by atoms with Gasteiger partial charge in [0.1, 0.15) is 0 Å². The number of rotatable bonds is 3. The number of hydrogen-bond acceptors (Lipinski definition) is 5. The van der Waals surface area contributed by atoms with Crippen LogP contribution in [-0.2, 0) is 6.42 Å². The molecule has 18 heavy (non-hydrogen) atoms. The summed E-state index contributed by atoms with van der Waals surface area (Å²) in [6.07, 6.45) is 5.74. The molecule has 100 valence electrons. The van der Waals surface area contributed by atoms with Crippen LogP contribution in [0.1, 0.15) is 50.4 Å². The van der Waals surface area contributed by atoms with Crippen molar-refractivity contribution in [2.45, 2.75) is 51.1 Å². The van der Waals surface area contributed by atoms with Crippen LogP contribution in [0.2, 0.25) is 0 Å². The third kappa shape index (κ3) is 2.29. The number of nitrogens with one attached hydrogen (secondary N) is 1. The maximum atomic E-state index is 5.44. The minimum absolute atomic E-state index is 0.362. The van der Waals surface area contributed by atoms with Crippen molar-refractivity contribution in [3.63, 3.8) is 0 Å². The Hall–Kier alpha value is -0.940. The molecule has 1 unspecified atom stereocenters. The molecule has 1 aromatic heterocycles. The van der Waals surface area contributed by atoms with E-state index in [1.165, 1.54) is 25.8 Å². The second kappa shape index (κ2) is 5.36. The fourth-order valence-corrected chi connectivity index (χ4v) is 3.18. The first-order valence-corrected chi connectivity index (χ1v) is 7.17. The van der Waals surface area contributed by atoms with Crippen LogP contribution in [0.5, 0.6) is 0 Å². The Bertz CT molecular complexity index is 386. The summed E-state index contributed by atoms with van der Waals surface area (Å²) < 4.78 is 5.44. The van der Waals surface area contributed by atoms with E-state index in [9.17, 15) is 0 Å². The zero-order valence-corrected chi connectivity index (χ0v) is 11.1. The average molecular weight is 250 g/mol. The molecule has 0 aliphatic carbocycles. The second-order valence-electron chi connectivity index (χ2n) is 5.28. The lowest BCUT2D eigenvalue weighted by molar-refractivity contribution is 0.126. The Kier molecular flexibility index (Phi) is 3.61. The molecule has 2 saturated heterocycles. The van der Waals surface area contributed by atoms with Crippen molar-refractivity contribution in [1.29, 1.82) is 0 Å². The smallest absolute Gasteiger partial charge is 0.244 e. The van der Waals surface area contributed by atoms with Crippen LogP contribution in [0.15, 0.2) is 4.52 Å². The van der Waals surface area contributed by atoms with Gasteiger partial charge >= 0.3 is 0 Å². The lowest BCUT2D eigenvalue weighted by Gasteiger charge is -2.34. The number of aryl methyl sites for hydroxylation is 1. The maximum Gasteiger partial charge on any atom is 0.244 e. The molecule has 0 amide bonds. The van der Waals surface area contributed by atoms with E-state index < -0.39 is 0 Å². The molecule has 2 aliphatic rings. The van der Waals surface area contributed by atoms with Crippen LogP contribution < -0.4 is 5.32 Å². The normalized spacial score (nSPS) is 26.8. The van der Waals surface area contributed by atoms with Crippen molar-refractivity contribution in [3.05, 3.63) is 11.7 Å². The summed E-state index contributed by atoms with van der Waals surface area (Å²) in [5.74, 6) is 1.67. The Morgan fingerprint density at radius 3 is 2.89 bits per heavy atom. The van der Waals surface area contributed by atoms with Gasteiger partial charge in [0.2, 0.25) is 5.89 Å². The number of hydrogen-bond donors (Lipinski definition) is 1. The molecule has 2 fully saturated rings. The summed E-state index contributed by atoms with van der Waals surface area (Å²) in [5.41, 5.74) is 0. The molecule has 1 atom stereocenters. The van der Waals surface area contributed by atoms with Gasteiger partial charge < -0.3 is 9.84 Å². The molecule has 5 heteroatoms. The van der Waals surface area contributed by atoms with Crippen molar-refractivity contribution in [1.82, 2.24) is 20.4 Å². The van der Waals surface area contributed by atoms with Crippen molar-refractivity contribution >= 4 is 0 Å². The quantitative estimate of drug-likeness (QED) is 0.881. The van der Waals surface area contributed by atoms with Crippen LogP contribution in [-0.4, -0.2) is 40.7 Å². The first kappa shape index (κ1) is 12.1. The molecule has 3 rings (SSSR count). The summed E-state index contributed by atoms with van der Waals surface area (Å²) in [4.78, 5) is 7.11. The zero-order valence-electron chi connectivity index (χ0n) is 11.1. The van der Waals surface area contributed by atoms with Crippen LogP contribution in [0.4, 0.5) is 0 Å². The van der Waals surface area contributed by atoms with Gasteiger partial charge in [0.05, 0.1) is 6.04 Å². The topological polar surface area (TPSA) is 54.2 Å². The predicted molar refractivity (Wildman–Crippen MR) is 68.2 cm³/mol. The van der Waals surface area contributed by atoms with Crippen molar-refractivity contribution in [2.24, 2.45) is 0 Å². The lowest BCUT2D eigenvalue weighted by Crippen LogP contribution is -2.42. The van der Waals surface area contributed by atoms with Gasteiger partial charge in [-0.15, -0.1) is 0 Å². The molecule has 0 aromatic carbocycles. The molecule has 0 spiro atoms. The SMILES string of the molecule is CCc1noc(C2CCCN2C2CCNCC2)n1. The standard InChI is InChI=1S/C13H22N4O/c1-2-12-15-13(18-16-12)11-4-3-9-17(11)10-5-7-14-8-6-10/h10-11,14H,2-9H2,1H3. The Labute approximate surface area is 108 Å². The second-order valence-corrected chi connectivity index (χ2v) is 5.28. The van der Waals surface area contributed by atoms with E-state index in [-0.39, 0.29) is 0 Å². The van der Waals surface area contributed by atoms with Crippen molar-refractivity contribution < 1.29 is 4.52 Å². The van der Waals surface area contributed by atoms with Gasteiger partial charge in [0.15, 0.2) is 5.82 Å².